The van der Waals surface area contributed by atoms with Crippen LogP contribution in [-0.4, -0.2) is 15.6 Å². The minimum atomic E-state index is 0.588. The Morgan fingerprint density at radius 2 is 2.44 bits per heavy atom. The van der Waals surface area contributed by atoms with Gasteiger partial charge in [0.05, 0.1) is 5.69 Å². The van der Waals surface area contributed by atoms with E-state index in [0.717, 1.165) is 24.1 Å². The molecule has 1 aliphatic carbocycles. The molecular weight excluding hydrogens is 198 g/mol. The molecule has 88 valence electrons. The van der Waals surface area contributed by atoms with Crippen LogP contribution in [0, 0.1) is 12.8 Å². The third-order valence-corrected chi connectivity index (χ3v) is 3.40. The second-order valence-corrected chi connectivity index (χ2v) is 4.81. The highest BCUT2D eigenvalue weighted by molar-refractivity contribution is 5.31. The summed E-state index contributed by atoms with van der Waals surface area (Å²) in [6.45, 7) is 8.95. The first kappa shape index (κ1) is 11.2. The molecule has 1 aromatic rings. The molecular formula is C13H21N3. The van der Waals surface area contributed by atoms with Crippen LogP contribution in [0.1, 0.15) is 31.9 Å². The van der Waals surface area contributed by atoms with Crippen LogP contribution in [0.4, 0.5) is 5.95 Å². The molecule has 2 atom stereocenters. The van der Waals surface area contributed by atoms with E-state index in [9.17, 15) is 0 Å². The lowest BCUT2D eigenvalue weighted by Gasteiger charge is -2.18. The summed E-state index contributed by atoms with van der Waals surface area (Å²) in [6, 6.07) is 0.588. The molecule has 0 aromatic carbocycles. The second-order valence-electron chi connectivity index (χ2n) is 4.81. The fraction of sp³-hybridized carbons (Fsp3) is 0.615. The van der Waals surface area contributed by atoms with Crippen molar-refractivity contribution in [3.8, 4) is 0 Å². The molecule has 0 aliphatic heterocycles. The van der Waals surface area contributed by atoms with E-state index in [1.165, 1.54) is 19.3 Å². The van der Waals surface area contributed by atoms with Gasteiger partial charge >= 0.3 is 0 Å². The van der Waals surface area contributed by atoms with E-state index in [1.54, 1.807) is 0 Å². The summed E-state index contributed by atoms with van der Waals surface area (Å²) < 4.78 is 2.13. The monoisotopic (exact) mass is 219 g/mol. The summed E-state index contributed by atoms with van der Waals surface area (Å²) in [7, 11) is 0. The molecule has 3 nitrogen and oxygen atoms in total. The van der Waals surface area contributed by atoms with E-state index in [0.29, 0.717) is 6.04 Å². The average Bonchev–Trinajstić information content (AvgIpc) is 2.77. The maximum absolute atomic E-state index is 4.53. The van der Waals surface area contributed by atoms with Crippen molar-refractivity contribution in [2.45, 2.75) is 45.7 Å². The van der Waals surface area contributed by atoms with Crippen molar-refractivity contribution in [3.05, 3.63) is 24.5 Å². The van der Waals surface area contributed by atoms with Crippen LogP contribution in [0.25, 0.3) is 0 Å². The van der Waals surface area contributed by atoms with E-state index in [-0.39, 0.29) is 0 Å². The van der Waals surface area contributed by atoms with Gasteiger partial charge in [-0.2, -0.15) is 0 Å². The molecule has 1 saturated carbocycles. The first-order valence-electron chi connectivity index (χ1n) is 6.12. The zero-order valence-corrected chi connectivity index (χ0v) is 10.2. The van der Waals surface area contributed by atoms with Gasteiger partial charge in [-0.3, -0.25) is 0 Å². The van der Waals surface area contributed by atoms with Gasteiger partial charge < -0.3 is 9.88 Å². The second kappa shape index (κ2) is 4.73. The fourth-order valence-corrected chi connectivity index (χ4v) is 2.47. The Bertz CT molecular complexity index is 367. The minimum Gasteiger partial charge on any atom is -0.353 e. The molecule has 0 amide bonds. The Labute approximate surface area is 97.6 Å². The standard InChI is InChI=1S/C13H21N3/c1-4-8-16-9-11(3)14-13(16)15-12-7-5-6-10(12)2/h4,9-10,12H,1,5-8H2,2-3H3,(H,14,15). The number of imidazole rings is 1. The molecule has 3 heteroatoms. The summed E-state index contributed by atoms with van der Waals surface area (Å²) in [5.41, 5.74) is 1.06. The summed E-state index contributed by atoms with van der Waals surface area (Å²) in [5, 5.41) is 3.57. The highest BCUT2D eigenvalue weighted by Gasteiger charge is 2.24. The number of allylic oxidation sites excluding steroid dienone is 1. The van der Waals surface area contributed by atoms with Gasteiger partial charge in [-0.25, -0.2) is 4.98 Å². The Morgan fingerprint density at radius 1 is 1.62 bits per heavy atom. The van der Waals surface area contributed by atoms with Gasteiger partial charge in [0.2, 0.25) is 5.95 Å². The SMILES string of the molecule is C=CCn1cc(C)nc1NC1CCCC1C. The van der Waals surface area contributed by atoms with Gasteiger partial charge in [0.15, 0.2) is 0 Å². The molecule has 1 N–H and O–H groups in total. The Kier molecular flexibility index (Phi) is 3.32. The smallest absolute Gasteiger partial charge is 0.203 e. The number of hydrogen-bond donors (Lipinski definition) is 1. The van der Waals surface area contributed by atoms with Crippen molar-refractivity contribution in [2.75, 3.05) is 5.32 Å². The lowest BCUT2D eigenvalue weighted by Crippen LogP contribution is -2.24. The van der Waals surface area contributed by atoms with Crippen LogP contribution in [0.5, 0.6) is 0 Å². The summed E-state index contributed by atoms with van der Waals surface area (Å²) >= 11 is 0. The lowest BCUT2D eigenvalue weighted by atomic mass is 10.1. The number of nitrogens with one attached hydrogen (secondary N) is 1. The predicted molar refractivity (Wildman–Crippen MR) is 67.6 cm³/mol. The van der Waals surface area contributed by atoms with Crippen LogP contribution in [0.15, 0.2) is 18.9 Å². The van der Waals surface area contributed by atoms with Crippen molar-refractivity contribution in [3.63, 3.8) is 0 Å². The van der Waals surface area contributed by atoms with Crippen LogP contribution >= 0.6 is 0 Å². The molecule has 0 bridgehead atoms. The molecule has 1 aliphatic rings. The Hall–Kier alpha value is -1.25. The largest absolute Gasteiger partial charge is 0.353 e. The molecule has 0 spiro atoms. The maximum Gasteiger partial charge on any atom is 0.203 e. The molecule has 16 heavy (non-hydrogen) atoms. The van der Waals surface area contributed by atoms with Crippen molar-refractivity contribution in [2.24, 2.45) is 5.92 Å². The van der Waals surface area contributed by atoms with Gasteiger partial charge in [0.1, 0.15) is 0 Å². The third-order valence-electron chi connectivity index (χ3n) is 3.40. The van der Waals surface area contributed by atoms with Crippen LogP contribution in [0.3, 0.4) is 0 Å². The zero-order chi connectivity index (χ0) is 11.5. The Balaban J connectivity index is 2.10. The van der Waals surface area contributed by atoms with Gasteiger partial charge in [-0.15, -0.1) is 6.58 Å². The van der Waals surface area contributed by atoms with Crippen molar-refractivity contribution >= 4 is 5.95 Å². The first-order valence-corrected chi connectivity index (χ1v) is 6.12. The molecule has 1 aromatic heterocycles. The van der Waals surface area contributed by atoms with Gasteiger partial charge in [-0.05, 0) is 25.7 Å². The molecule has 2 unspecified atom stereocenters. The van der Waals surface area contributed by atoms with Crippen molar-refractivity contribution < 1.29 is 0 Å². The van der Waals surface area contributed by atoms with Gasteiger partial charge in [0.25, 0.3) is 0 Å². The fourth-order valence-electron chi connectivity index (χ4n) is 2.47. The quantitative estimate of drug-likeness (QED) is 0.789. The predicted octanol–water partition coefficient (Wildman–Crippen LogP) is 2.98. The summed E-state index contributed by atoms with van der Waals surface area (Å²) in [4.78, 5) is 4.53. The number of anilines is 1. The zero-order valence-electron chi connectivity index (χ0n) is 10.2. The Morgan fingerprint density at radius 3 is 3.06 bits per heavy atom. The topological polar surface area (TPSA) is 29.9 Å². The third kappa shape index (κ3) is 2.29. The molecule has 1 heterocycles. The number of aryl methyl sites for hydroxylation is 1. The number of aromatic nitrogens is 2. The van der Waals surface area contributed by atoms with Crippen LogP contribution in [0.2, 0.25) is 0 Å². The molecule has 0 saturated heterocycles. The van der Waals surface area contributed by atoms with Crippen molar-refractivity contribution in [1.82, 2.24) is 9.55 Å². The number of rotatable bonds is 4. The van der Waals surface area contributed by atoms with E-state index in [4.69, 9.17) is 0 Å². The van der Waals surface area contributed by atoms with Crippen molar-refractivity contribution in [1.29, 1.82) is 0 Å². The average molecular weight is 219 g/mol. The summed E-state index contributed by atoms with van der Waals surface area (Å²) in [5.74, 6) is 1.75. The molecule has 1 fully saturated rings. The molecule has 0 radical (unpaired) electrons. The maximum atomic E-state index is 4.53. The highest BCUT2D eigenvalue weighted by Crippen LogP contribution is 2.27. The van der Waals surface area contributed by atoms with Crippen LogP contribution in [-0.2, 0) is 6.54 Å². The van der Waals surface area contributed by atoms with E-state index in [2.05, 4.69) is 34.6 Å². The van der Waals surface area contributed by atoms with E-state index >= 15 is 0 Å². The van der Waals surface area contributed by atoms with E-state index < -0.39 is 0 Å². The highest BCUT2D eigenvalue weighted by atomic mass is 15.2. The number of hydrogen-bond acceptors (Lipinski definition) is 2. The molecule has 2 rings (SSSR count). The normalized spacial score (nSPS) is 24.6. The lowest BCUT2D eigenvalue weighted by molar-refractivity contribution is 0.550. The summed E-state index contributed by atoms with van der Waals surface area (Å²) in [6.07, 6.45) is 7.91. The number of nitrogens with zero attached hydrogens (tertiary/aromatic N) is 2. The first-order chi connectivity index (χ1) is 7.70. The van der Waals surface area contributed by atoms with Gasteiger partial charge in [0, 0.05) is 18.8 Å². The van der Waals surface area contributed by atoms with Crippen LogP contribution < -0.4 is 5.32 Å². The van der Waals surface area contributed by atoms with Gasteiger partial charge in [-0.1, -0.05) is 19.4 Å². The minimum absolute atomic E-state index is 0.588. The van der Waals surface area contributed by atoms with E-state index in [1.807, 2.05) is 13.0 Å².